The molecule has 1 aliphatic heterocycles. The smallest absolute Gasteiger partial charge is 0.224 e. The van der Waals surface area contributed by atoms with Crippen molar-refractivity contribution in [1.82, 2.24) is 10.6 Å². The van der Waals surface area contributed by atoms with Crippen LogP contribution in [0.15, 0.2) is 0 Å². The first-order chi connectivity index (χ1) is 6.11. The number of rotatable bonds is 2. The van der Waals surface area contributed by atoms with Gasteiger partial charge in [0, 0.05) is 12.6 Å². The first-order valence-corrected chi connectivity index (χ1v) is 5.12. The molecule has 1 amide bonds. The van der Waals surface area contributed by atoms with E-state index in [2.05, 4.69) is 17.6 Å². The zero-order valence-corrected chi connectivity index (χ0v) is 8.76. The minimum atomic E-state index is 0.163. The van der Waals surface area contributed by atoms with Crippen molar-refractivity contribution in [1.29, 1.82) is 0 Å². The summed E-state index contributed by atoms with van der Waals surface area (Å²) in [6.45, 7) is 8.04. The van der Waals surface area contributed by atoms with Gasteiger partial charge in [0.15, 0.2) is 0 Å². The van der Waals surface area contributed by atoms with Crippen molar-refractivity contribution in [3.63, 3.8) is 0 Å². The predicted octanol–water partition coefficient (Wildman–Crippen LogP) is 0.757. The van der Waals surface area contributed by atoms with Crippen LogP contribution in [0.5, 0.6) is 0 Å². The molecule has 2 N–H and O–H groups in total. The molecule has 76 valence electrons. The van der Waals surface area contributed by atoms with Crippen LogP contribution in [0.25, 0.3) is 0 Å². The van der Waals surface area contributed by atoms with Crippen LogP contribution in [0.1, 0.15) is 27.2 Å². The van der Waals surface area contributed by atoms with Gasteiger partial charge >= 0.3 is 0 Å². The summed E-state index contributed by atoms with van der Waals surface area (Å²) in [7, 11) is 0. The molecular weight excluding hydrogens is 164 g/mol. The summed E-state index contributed by atoms with van der Waals surface area (Å²) >= 11 is 0. The molecule has 3 nitrogen and oxygen atoms in total. The number of amides is 1. The van der Waals surface area contributed by atoms with Gasteiger partial charge < -0.3 is 10.6 Å². The van der Waals surface area contributed by atoms with E-state index in [1.165, 1.54) is 0 Å². The van der Waals surface area contributed by atoms with Gasteiger partial charge in [0.1, 0.15) is 0 Å². The molecule has 1 heterocycles. The Balaban J connectivity index is 2.44. The molecule has 0 radical (unpaired) electrons. The van der Waals surface area contributed by atoms with Crippen molar-refractivity contribution in [3.05, 3.63) is 0 Å². The van der Waals surface area contributed by atoms with Gasteiger partial charge in [-0.2, -0.15) is 0 Å². The highest BCUT2D eigenvalue weighted by Crippen LogP contribution is 2.18. The minimum absolute atomic E-state index is 0.163. The third-order valence-electron chi connectivity index (χ3n) is 2.60. The van der Waals surface area contributed by atoms with E-state index in [1.807, 2.05) is 13.8 Å². The van der Waals surface area contributed by atoms with E-state index in [1.54, 1.807) is 0 Å². The third kappa shape index (κ3) is 2.99. The molecule has 0 aromatic heterocycles. The van der Waals surface area contributed by atoms with E-state index in [9.17, 15) is 4.79 Å². The van der Waals surface area contributed by atoms with Gasteiger partial charge in [0.05, 0.1) is 5.92 Å². The number of carbonyl (C=O) groups is 1. The number of hydrogen-bond donors (Lipinski definition) is 2. The largest absolute Gasteiger partial charge is 0.354 e. The molecule has 1 rings (SSSR count). The summed E-state index contributed by atoms with van der Waals surface area (Å²) < 4.78 is 0. The van der Waals surface area contributed by atoms with Crippen molar-refractivity contribution in [2.24, 2.45) is 11.8 Å². The van der Waals surface area contributed by atoms with Crippen LogP contribution < -0.4 is 10.6 Å². The van der Waals surface area contributed by atoms with E-state index in [4.69, 9.17) is 0 Å². The molecule has 0 unspecified atom stereocenters. The van der Waals surface area contributed by atoms with E-state index in [0.717, 1.165) is 19.5 Å². The highest BCUT2D eigenvalue weighted by Gasteiger charge is 2.27. The standard InChI is InChI=1S/C10H20N2O/c1-7(2)12-10(13)9-6-11-5-4-8(9)3/h7-9,11H,4-6H2,1-3H3,(H,12,13)/t8-,9-/m1/s1. The van der Waals surface area contributed by atoms with Gasteiger partial charge in [-0.3, -0.25) is 4.79 Å². The summed E-state index contributed by atoms with van der Waals surface area (Å²) in [6, 6.07) is 0.252. The zero-order valence-electron chi connectivity index (χ0n) is 8.76. The van der Waals surface area contributed by atoms with E-state index >= 15 is 0 Å². The monoisotopic (exact) mass is 184 g/mol. The lowest BCUT2D eigenvalue weighted by Crippen LogP contribution is -2.46. The maximum Gasteiger partial charge on any atom is 0.224 e. The highest BCUT2D eigenvalue weighted by molar-refractivity contribution is 5.79. The fourth-order valence-corrected chi connectivity index (χ4v) is 1.73. The lowest BCUT2D eigenvalue weighted by molar-refractivity contribution is -0.127. The average Bonchev–Trinajstić information content (AvgIpc) is 2.03. The lowest BCUT2D eigenvalue weighted by Gasteiger charge is -2.29. The molecule has 0 aromatic carbocycles. The predicted molar refractivity (Wildman–Crippen MR) is 53.4 cm³/mol. The SMILES string of the molecule is CC(C)NC(=O)[C@@H]1CNCC[C@H]1C. The molecule has 0 saturated carbocycles. The van der Waals surface area contributed by atoms with Crippen molar-refractivity contribution in [2.45, 2.75) is 33.2 Å². The third-order valence-corrected chi connectivity index (χ3v) is 2.60. The number of nitrogens with one attached hydrogen (secondary N) is 2. The minimum Gasteiger partial charge on any atom is -0.354 e. The van der Waals surface area contributed by atoms with Gasteiger partial charge in [-0.1, -0.05) is 6.92 Å². The zero-order chi connectivity index (χ0) is 9.84. The van der Waals surface area contributed by atoms with Crippen molar-refractivity contribution in [3.8, 4) is 0 Å². The van der Waals surface area contributed by atoms with E-state index in [0.29, 0.717) is 5.92 Å². The fraction of sp³-hybridized carbons (Fsp3) is 0.900. The van der Waals surface area contributed by atoms with Gasteiger partial charge in [-0.15, -0.1) is 0 Å². The number of piperidine rings is 1. The highest BCUT2D eigenvalue weighted by atomic mass is 16.2. The van der Waals surface area contributed by atoms with Crippen molar-refractivity contribution >= 4 is 5.91 Å². The molecule has 1 aliphatic rings. The number of hydrogen-bond acceptors (Lipinski definition) is 2. The van der Waals surface area contributed by atoms with Crippen LogP contribution in [-0.2, 0) is 4.79 Å². The second-order valence-corrected chi connectivity index (χ2v) is 4.24. The van der Waals surface area contributed by atoms with Gasteiger partial charge in [0.25, 0.3) is 0 Å². The average molecular weight is 184 g/mol. The second-order valence-electron chi connectivity index (χ2n) is 4.24. The van der Waals surface area contributed by atoms with Crippen molar-refractivity contribution in [2.75, 3.05) is 13.1 Å². The molecule has 0 aromatic rings. The van der Waals surface area contributed by atoms with Crippen LogP contribution in [0, 0.1) is 11.8 Å². The topological polar surface area (TPSA) is 41.1 Å². The van der Waals surface area contributed by atoms with Crippen LogP contribution in [0.2, 0.25) is 0 Å². The molecule has 13 heavy (non-hydrogen) atoms. The van der Waals surface area contributed by atoms with E-state index in [-0.39, 0.29) is 17.9 Å². The van der Waals surface area contributed by atoms with E-state index < -0.39 is 0 Å². The second kappa shape index (κ2) is 4.61. The molecule has 1 saturated heterocycles. The molecule has 0 spiro atoms. The van der Waals surface area contributed by atoms with Crippen LogP contribution >= 0.6 is 0 Å². The van der Waals surface area contributed by atoms with Gasteiger partial charge in [0.2, 0.25) is 5.91 Å². The summed E-state index contributed by atoms with van der Waals surface area (Å²) in [5, 5.41) is 6.22. The molecule has 0 aliphatic carbocycles. The summed E-state index contributed by atoms with van der Waals surface area (Å²) in [5.41, 5.74) is 0. The maximum absolute atomic E-state index is 11.7. The maximum atomic E-state index is 11.7. The first kappa shape index (κ1) is 10.5. The lowest BCUT2D eigenvalue weighted by atomic mass is 9.87. The Morgan fingerprint density at radius 2 is 2.23 bits per heavy atom. The van der Waals surface area contributed by atoms with Crippen LogP contribution in [0.4, 0.5) is 0 Å². The Labute approximate surface area is 80.3 Å². The normalized spacial score (nSPS) is 28.9. The molecule has 3 heteroatoms. The summed E-state index contributed by atoms with van der Waals surface area (Å²) in [5.74, 6) is 0.880. The quantitative estimate of drug-likeness (QED) is 0.665. The molecule has 0 bridgehead atoms. The van der Waals surface area contributed by atoms with Crippen LogP contribution in [0.3, 0.4) is 0 Å². The summed E-state index contributed by atoms with van der Waals surface area (Å²) in [4.78, 5) is 11.7. The molecular formula is C10H20N2O. The number of carbonyl (C=O) groups excluding carboxylic acids is 1. The Morgan fingerprint density at radius 1 is 1.54 bits per heavy atom. The Kier molecular flexibility index (Phi) is 3.72. The Bertz CT molecular complexity index is 180. The van der Waals surface area contributed by atoms with Crippen LogP contribution in [-0.4, -0.2) is 25.0 Å². The summed E-state index contributed by atoms with van der Waals surface area (Å²) in [6.07, 6.45) is 1.11. The fourth-order valence-electron chi connectivity index (χ4n) is 1.73. The van der Waals surface area contributed by atoms with Gasteiger partial charge in [-0.25, -0.2) is 0 Å². The van der Waals surface area contributed by atoms with Gasteiger partial charge in [-0.05, 0) is 32.7 Å². The molecule has 1 fully saturated rings. The molecule has 2 atom stereocenters. The Hall–Kier alpha value is -0.570. The first-order valence-electron chi connectivity index (χ1n) is 5.12. The van der Waals surface area contributed by atoms with Crippen molar-refractivity contribution < 1.29 is 4.79 Å². The Morgan fingerprint density at radius 3 is 2.77 bits per heavy atom.